The molecule has 0 aliphatic rings. The SMILES string of the molecule is C=CCCOC(=O)CC(C)C(=O)OCCC=C. The van der Waals surface area contributed by atoms with E-state index >= 15 is 0 Å². The lowest BCUT2D eigenvalue weighted by Gasteiger charge is -2.10. The van der Waals surface area contributed by atoms with Gasteiger partial charge in [0.05, 0.1) is 25.6 Å². The van der Waals surface area contributed by atoms with Crippen molar-refractivity contribution in [1.29, 1.82) is 0 Å². The van der Waals surface area contributed by atoms with Crippen LogP contribution in [0.1, 0.15) is 26.2 Å². The molecule has 0 saturated heterocycles. The van der Waals surface area contributed by atoms with E-state index < -0.39 is 5.92 Å². The van der Waals surface area contributed by atoms with E-state index in [1.807, 2.05) is 0 Å². The van der Waals surface area contributed by atoms with E-state index in [2.05, 4.69) is 13.2 Å². The van der Waals surface area contributed by atoms with E-state index in [1.54, 1.807) is 19.1 Å². The first-order valence-corrected chi connectivity index (χ1v) is 5.65. The van der Waals surface area contributed by atoms with Crippen molar-refractivity contribution in [1.82, 2.24) is 0 Å². The van der Waals surface area contributed by atoms with Crippen molar-refractivity contribution >= 4 is 11.9 Å². The highest BCUT2D eigenvalue weighted by molar-refractivity contribution is 5.79. The second-order valence-electron chi connectivity index (χ2n) is 3.65. The van der Waals surface area contributed by atoms with E-state index in [0.717, 1.165) is 0 Å². The van der Waals surface area contributed by atoms with Crippen LogP contribution in [0, 0.1) is 5.92 Å². The van der Waals surface area contributed by atoms with E-state index in [0.29, 0.717) is 26.1 Å². The predicted molar refractivity (Wildman–Crippen MR) is 65.3 cm³/mol. The normalized spacial score (nSPS) is 11.4. The summed E-state index contributed by atoms with van der Waals surface area (Å²) >= 11 is 0. The Balaban J connectivity index is 3.77. The molecule has 0 rings (SSSR count). The van der Waals surface area contributed by atoms with Gasteiger partial charge in [-0.3, -0.25) is 9.59 Å². The second-order valence-corrected chi connectivity index (χ2v) is 3.65. The molecule has 0 heterocycles. The van der Waals surface area contributed by atoms with Crippen LogP contribution in [0.15, 0.2) is 25.3 Å². The van der Waals surface area contributed by atoms with Crippen molar-refractivity contribution < 1.29 is 19.1 Å². The summed E-state index contributed by atoms with van der Waals surface area (Å²) in [7, 11) is 0. The Bertz CT molecular complexity index is 271. The van der Waals surface area contributed by atoms with E-state index in [1.165, 1.54) is 0 Å². The van der Waals surface area contributed by atoms with Crippen LogP contribution >= 0.6 is 0 Å². The van der Waals surface area contributed by atoms with Crippen molar-refractivity contribution in [3.8, 4) is 0 Å². The molecule has 0 fully saturated rings. The average molecular weight is 240 g/mol. The van der Waals surface area contributed by atoms with Crippen molar-refractivity contribution in [2.45, 2.75) is 26.2 Å². The zero-order valence-corrected chi connectivity index (χ0v) is 10.3. The maximum atomic E-state index is 11.4. The Morgan fingerprint density at radius 2 is 1.65 bits per heavy atom. The summed E-state index contributed by atoms with van der Waals surface area (Å²) in [6.45, 7) is 9.29. The monoisotopic (exact) mass is 240 g/mol. The molecule has 0 amide bonds. The third-order valence-corrected chi connectivity index (χ3v) is 2.03. The summed E-state index contributed by atoms with van der Waals surface area (Å²) in [5, 5.41) is 0. The highest BCUT2D eigenvalue weighted by Gasteiger charge is 2.18. The van der Waals surface area contributed by atoms with Gasteiger partial charge in [-0.05, 0) is 12.8 Å². The summed E-state index contributed by atoms with van der Waals surface area (Å²) in [6.07, 6.45) is 4.61. The maximum Gasteiger partial charge on any atom is 0.309 e. The Morgan fingerprint density at radius 1 is 1.12 bits per heavy atom. The number of hydrogen-bond donors (Lipinski definition) is 0. The standard InChI is InChI=1S/C13H20O4/c1-4-6-8-16-12(14)10-11(3)13(15)17-9-7-5-2/h4-5,11H,1-2,6-10H2,3H3. The molecule has 17 heavy (non-hydrogen) atoms. The molecule has 0 radical (unpaired) electrons. The fraction of sp³-hybridized carbons (Fsp3) is 0.538. The molecule has 0 aromatic rings. The molecule has 0 spiro atoms. The minimum atomic E-state index is -0.476. The molecule has 0 aromatic carbocycles. The quantitative estimate of drug-likeness (QED) is 0.352. The second kappa shape index (κ2) is 9.63. The molecule has 0 saturated carbocycles. The van der Waals surface area contributed by atoms with Gasteiger partial charge in [0.2, 0.25) is 0 Å². The third kappa shape index (κ3) is 8.25. The van der Waals surface area contributed by atoms with Crippen molar-refractivity contribution in [3.05, 3.63) is 25.3 Å². The average Bonchev–Trinajstić information content (AvgIpc) is 2.29. The van der Waals surface area contributed by atoms with E-state index in [4.69, 9.17) is 9.47 Å². The summed E-state index contributed by atoms with van der Waals surface area (Å²) in [5.74, 6) is -1.25. The maximum absolute atomic E-state index is 11.4. The van der Waals surface area contributed by atoms with Crippen LogP contribution < -0.4 is 0 Å². The van der Waals surface area contributed by atoms with Crippen LogP contribution in [0.2, 0.25) is 0 Å². The summed E-state index contributed by atoms with van der Waals surface area (Å²) < 4.78 is 9.83. The van der Waals surface area contributed by atoms with Crippen LogP contribution in [0.25, 0.3) is 0 Å². The van der Waals surface area contributed by atoms with Gasteiger partial charge in [0, 0.05) is 0 Å². The topological polar surface area (TPSA) is 52.6 Å². The van der Waals surface area contributed by atoms with Crippen molar-refractivity contribution in [2.75, 3.05) is 13.2 Å². The zero-order valence-electron chi connectivity index (χ0n) is 10.3. The van der Waals surface area contributed by atoms with Gasteiger partial charge >= 0.3 is 11.9 Å². The van der Waals surface area contributed by atoms with Crippen LogP contribution in [-0.4, -0.2) is 25.2 Å². The molecule has 0 aromatic heterocycles. The van der Waals surface area contributed by atoms with Crippen LogP contribution in [0.3, 0.4) is 0 Å². The fourth-order valence-electron chi connectivity index (χ4n) is 1.03. The first-order valence-electron chi connectivity index (χ1n) is 5.65. The number of carbonyl (C=O) groups is 2. The van der Waals surface area contributed by atoms with Gasteiger partial charge in [0.15, 0.2) is 0 Å². The summed E-state index contributed by atoms with van der Waals surface area (Å²) in [4.78, 5) is 22.7. The smallest absolute Gasteiger partial charge is 0.309 e. The van der Waals surface area contributed by atoms with Gasteiger partial charge in [0.25, 0.3) is 0 Å². The minimum absolute atomic E-state index is 0.0457. The Kier molecular flexibility index (Phi) is 8.74. The highest BCUT2D eigenvalue weighted by Crippen LogP contribution is 2.06. The molecule has 4 nitrogen and oxygen atoms in total. The Labute approximate surface area is 102 Å². The molecule has 0 aliphatic carbocycles. The number of carbonyl (C=O) groups excluding carboxylic acids is 2. The number of hydrogen-bond acceptors (Lipinski definition) is 4. The Morgan fingerprint density at radius 3 is 2.18 bits per heavy atom. The van der Waals surface area contributed by atoms with E-state index in [9.17, 15) is 9.59 Å². The van der Waals surface area contributed by atoms with Gasteiger partial charge in [0.1, 0.15) is 0 Å². The molecule has 1 atom stereocenters. The number of rotatable bonds is 9. The van der Waals surface area contributed by atoms with Gasteiger partial charge in [-0.25, -0.2) is 0 Å². The first-order chi connectivity index (χ1) is 8.11. The molecular weight excluding hydrogens is 220 g/mol. The third-order valence-electron chi connectivity index (χ3n) is 2.03. The van der Waals surface area contributed by atoms with Gasteiger partial charge < -0.3 is 9.47 Å². The molecule has 0 aliphatic heterocycles. The lowest BCUT2D eigenvalue weighted by molar-refractivity contribution is -0.154. The lowest BCUT2D eigenvalue weighted by Crippen LogP contribution is -2.20. The van der Waals surface area contributed by atoms with Crippen LogP contribution in [0.4, 0.5) is 0 Å². The van der Waals surface area contributed by atoms with Crippen molar-refractivity contribution in [2.24, 2.45) is 5.92 Å². The van der Waals surface area contributed by atoms with Gasteiger partial charge in [-0.2, -0.15) is 0 Å². The molecular formula is C13H20O4. The zero-order chi connectivity index (χ0) is 13.1. The number of esters is 2. The largest absolute Gasteiger partial charge is 0.465 e. The van der Waals surface area contributed by atoms with Gasteiger partial charge in [-0.1, -0.05) is 19.1 Å². The van der Waals surface area contributed by atoms with E-state index in [-0.39, 0.29) is 18.4 Å². The summed E-state index contributed by atoms with van der Waals surface area (Å²) in [6, 6.07) is 0. The highest BCUT2D eigenvalue weighted by atomic mass is 16.5. The molecule has 4 heteroatoms. The fourth-order valence-corrected chi connectivity index (χ4v) is 1.03. The van der Waals surface area contributed by atoms with Gasteiger partial charge in [-0.15, -0.1) is 13.2 Å². The summed E-state index contributed by atoms with van der Waals surface area (Å²) in [5.41, 5.74) is 0. The molecule has 96 valence electrons. The molecule has 1 unspecified atom stereocenters. The van der Waals surface area contributed by atoms with Crippen LogP contribution in [-0.2, 0) is 19.1 Å². The minimum Gasteiger partial charge on any atom is -0.465 e. The van der Waals surface area contributed by atoms with Crippen LogP contribution in [0.5, 0.6) is 0 Å². The lowest BCUT2D eigenvalue weighted by atomic mass is 10.1. The van der Waals surface area contributed by atoms with Crippen molar-refractivity contribution in [3.63, 3.8) is 0 Å². The predicted octanol–water partition coefficient (Wildman–Crippen LogP) is 2.25. The first kappa shape index (κ1) is 15.4. The number of ether oxygens (including phenoxy) is 2. The molecule has 0 bridgehead atoms. The molecule has 0 N–H and O–H groups in total. The Hall–Kier alpha value is -1.58.